The average Bonchev–Trinajstić information content (AvgIpc) is 2.63. The maximum absolute atomic E-state index is 12.6. The van der Waals surface area contributed by atoms with Crippen molar-refractivity contribution in [1.29, 1.82) is 0 Å². The summed E-state index contributed by atoms with van der Waals surface area (Å²) in [5.41, 5.74) is 0.932. The monoisotopic (exact) mass is 374 g/mol. The molecule has 0 bridgehead atoms. The standard InChI is InChI=1S/C19H22N2O6/c1-5-10-20-11(2)15(18(22)23)17(16(12(20)3)19(24)27-4)13-8-6-7-9-14(13)21(25)26/h6-9,17H,5,10H2,1-4H3,(H,22,23). The topological polar surface area (TPSA) is 110 Å². The molecule has 1 unspecified atom stereocenters. The number of benzene rings is 1. The summed E-state index contributed by atoms with van der Waals surface area (Å²) >= 11 is 0. The fourth-order valence-electron chi connectivity index (χ4n) is 3.53. The van der Waals surface area contributed by atoms with E-state index in [2.05, 4.69) is 0 Å². The minimum Gasteiger partial charge on any atom is -0.478 e. The molecule has 1 aromatic rings. The number of carboxylic acid groups (broad SMARTS) is 1. The second-order valence-electron chi connectivity index (χ2n) is 6.20. The molecule has 27 heavy (non-hydrogen) atoms. The number of aliphatic carboxylic acids is 1. The summed E-state index contributed by atoms with van der Waals surface area (Å²) in [6, 6.07) is 5.86. The Hall–Kier alpha value is -3.16. The maximum atomic E-state index is 12.6. The number of nitro benzene ring substituents is 1. The molecule has 0 spiro atoms. The Morgan fingerprint density at radius 2 is 1.81 bits per heavy atom. The predicted molar refractivity (Wildman–Crippen MR) is 97.9 cm³/mol. The zero-order chi connectivity index (χ0) is 20.3. The van der Waals surface area contributed by atoms with Gasteiger partial charge in [0, 0.05) is 29.6 Å². The molecular formula is C19H22N2O6. The smallest absolute Gasteiger partial charge is 0.336 e. The number of methoxy groups -OCH3 is 1. The zero-order valence-electron chi connectivity index (χ0n) is 15.7. The third kappa shape index (κ3) is 3.55. The van der Waals surface area contributed by atoms with Crippen LogP contribution in [0.4, 0.5) is 5.69 Å². The van der Waals surface area contributed by atoms with Crippen molar-refractivity contribution in [3.8, 4) is 0 Å². The van der Waals surface area contributed by atoms with E-state index in [0.29, 0.717) is 17.9 Å². The molecule has 1 aliphatic rings. The number of allylic oxidation sites excluding steroid dienone is 2. The highest BCUT2D eigenvalue weighted by molar-refractivity contribution is 5.99. The summed E-state index contributed by atoms with van der Waals surface area (Å²) in [6.07, 6.45) is 0.728. The van der Waals surface area contributed by atoms with E-state index < -0.39 is 22.8 Å². The van der Waals surface area contributed by atoms with Gasteiger partial charge in [-0.2, -0.15) is 0 Å². The number of ether oxygens (including phenoxy) is 1. The molecule has 0 aromatic heterocycles. The van der Waals surface area contributed by atoms with Crippen LogP contribution in [0.25, 0.3) is 0 Å². The minimum atomic E-state index is -1.23. The number of carbonyl (C=O) groups is 2. The van der Waals surface area contributed by atoms with E-state index in [1.54, 1.807) is 24.8 Å². The first-order valence-electron chi connectivity index (χ1n) is 8.50. The largest absolute Gasteiger partial charge is 0.478 e. The number of hydrogen-bond acceptors (Lipinski definition) is 6. The van der Waals surface area contributed by atoms with Crippen molar-refractivity contribution >= 4 is 17.6 Å². The van der Waals surface area contributed by atoms with Crippen LogP contribution >= 0.6 is 0 Å². The molecule has 1 heterocycles. The lowest BCUT2D eigenvalue weighted by Gasteiger charge is -2.37. The molecule has 0 aliphatic carbocycles. The molecule has 1 aliphatic heterocycles. The Morgan fingerprint density at radius 1 is 1.22 bits per heavy atom. The molecule has 0 fully saturated rings. The first-order valence-corrected chi connectivity index (χ1v) is 8.50. The van der Waals surface area contributed by atoms with Gasteiger partial charge in [-0.1, -0.05) is 25.1 Å². The van der Waals surface area contributed by atoms with Crippen molar-refractivity contribution in [3.05, 3.63) is 62.5 Å². The zero-order valence-corrected chi connectivity index (χ0v) is 15.7. The summed E-state index contributed by atoms with van der Waals surface area (Å²) in [4.78, 5) is 37.4. The van der Waals surface area contributed by atoms with Crippen molar-refractivity contribution < 1.29 is 24.4 Å². The van der Waals surface area contributed by atoms with Gasteiger partial charge in [0.15, 0.2) is 0 Å². The van der Waals surface area contributed by atoms with Gasteiger partial charge in [0.25, 0.3) is 5.69 Å². The SMILES string of the molecule is CCCN1C(C)=C(C(=O)O)C(c2ccccc2[N+](=O)[O-])C(C(=O)OC)=C1C. The van der Waals surface area contributed by atoms with Crippen molar-refractivity contribution in [3.63, 3.8) is 0 Å². The fourth-order valence-corrected chi connectivity index (χ4v) is 3.53. The van der Waals surface area contributed by atoms with Crippen LogP contribution in [0, 0.1) is 10.1 Å². The minimum absolute atomic E-state index is 0.0660. The van der Waals surface area contributed by atoms with E-state index in [4.69, 9.17) is 4.74 Å². The summed E-state index contributed by atoms with van der Waals surface area (Å²) in [7, 11) is 1.20. The fraction of sp³-hybridized carbons (Fsp3) is 0.368. The molecule has 1 N–H and O–H groups in total. The molecule has 0 amide bonds. The number of hydrogen-bond donors (Lipinski definition) is 1. The van der Waals surface area contributed by atoms with Gasteiger partial charge in [-0.25, -0.2) is 9.59 Å². The van der Waals surface area contributed by atoms with E-state index in [1.165, 1.54) is 25.3 Å². The molecule has 2 rings (SSSR count). The normalized spacial score (nSPS) is 17.2. The van der Waals surface area contributed by atoms with E-state index in [-0.39, 0.29) is 22.4 Å². The second-order valence-corrected chi connectivity index (χ2v) is 6.20. The van der Waals surface area contributed by atoms with Crippen molar-refractivity contribution in [2.24, 2.45) is 0 Å². The van der Waals surface area contributed by atoms with Crippen LogP contribution in [-0.4, -0.2) is 40.5 Å². The van der Waals surface area contributed by atoms with Crippen LogP contribution in [0.2, 0.25) is 0 Å². The number of para-hydroxylation sites is 1. The lowest BCUT2D eigenvalue weighted by atomic mass is 9.79. The number of esters is 1. The molecule has 1 aromatic carbocycles. The summed E-state index contributed by atoms with van der Waals surface area (Å²) in [5.74, 6) is -3.03. The lowest BCUT2D eigenvalue weighted by molar-refractivity contribution is -0.385. The third-order valence-corrected chi connectivity index (χ3v) is 4.69. The van der Waals surface area contributed by atoms with Crippen LogP contribution in [0.1, 0.15) is 38.7 Å². The number of rotatable bonds is 6. The first kappa shape index (κ1) is 20.2. The van der Waals surface area contributed by atoms with E-state index in [0.717, 1.165) is 6.42 Å². The first-order chi connectivity index (χ1) is 12.8. The van der Waals surface area contributed by atoms with Gasteiger partial charge in [-0.05, 0) is 20.3 Å². The van der Waals surface area contributed by atoms with E-state index >= 15 is 0 Å². The van der Waals surface area contributed by atoms with Crippen molar-refractivity contribution in [2.45, 2.75) is 33.1 Å². The molecule has 8 nitrogen and oxygen atoms in total. The van der Waals surface area contributed by atoms with Crippen LogP contribution in [0.3, 0.4) is 0 Å². The van der Waals surface area contributed by atoms with E-state index in [9.17, 15) is 24.8 Å². The van der Waals surface area contributed by atoms with Crippen LogP contribution in [0.15, 0.2) is 46.8 Å². The van der Waals surface area contributed by atoms with Crippen LogP contribution in [-0.2, 0) is 14.3 Å². The van der Waals surface area contributed by atoms with Gasteiger partial charge < -0.3 is 14.7 Å². The van der Waals surface area contributed by atoms with Crippen LogP contribution < -0.4 is 0 Å². The molecule has 8 heteroatoms. The van der Waals surface area contributed by atoms with Gasteiger partial charge in [0.2, 0.25) is 0 Å². The summed E-state index contributed by atoms with van der Waals surface area (Å²) in [6.45, 7) is 5.80. The van der Waals surface area contributed by atoms with E-state index in [1.807, 2.05) is 6.92 Å². The molecule has 0 saturated heterocycles. The van der Waals surface area contributed by atoms with Gasteiger partial charge in [-0.15, -0.1) is 0 Å². The van der Waals surface area contributed by atoms with Crippen molar-refractivity contribution in [2.75, 3.05) is 13.7 Å². The van der Waals surface area contributed by atoms with Crippen LogP contribution in [0.5, 0.6) is 0 Å². The highest BCUT2D eigenvalue weighted by Crippen LogP contribution is 2.44. The quantitative estimate of drug-likeness (QED) is 0.462. The predicted octanol–water partition coefficient (Wildman–Crippen LogP) is 3.21. The number of nitro groups is 1. The lowest BCUT2D eigenvalue weighted by Crippen LogP contribution is -2.35. The Kier molecular flexibility index (Phi) is 5.99. The summed E-state index contributed by atoms with van der Waals surface area (Å²) < 4.78 is 4.89. The van der Waals surface area contributed by atoms with Gasteiger partial charge >= 0.3 is 11.9 Å². The molecule has 1 atom stereocenters. The molecule has 144 valence electrons. The third-order valence-electron chi connectivity index (χ3n) is 4.69. The van der Waals surface area contributed by atoms with Gasteiger partial charge in [0.05, 0.1) is 29.1 Å². The second kappa shape index (κ2) is 8.03. The Labute approximate surface area is 156 Å². The highest BCUT2D eigenvalue weighted by Gasteiger charge is 2.42. The van der Waals surface area contributed by atoms with Crippen molar-refractivity contribution in [1.82, 2.24) is 4.90 Å². The number of carbonyl (C=O) groups excluding carboxylic acids is 1. The number of nitrogens with zero attached hydrogens (tertiary/aromatic N) is 2. The Bertz CT molecular complexity index is 856. The Balaban J connectivity index is 2.87. The molecule has 0 saturated carbocycles. The summed E-state index contributed by atoms with van der Waals surface area (Å²) in [5, 5.41) is 21.4. The molecular weight excluding hydrogens is 352 g/mol. The van der Waals surface area contributed by atoms with Gasteiger partial charge in [0.1, 0.15) is 0 Å². The van der Waals surface area contributed by atoms with Gasteiger partial charge in [-0.3, -0.25) is 10.1 Å². The average molecular weight is 374 g/mol. The Morgan fingerprint density at radius 3 is 2.33 bits per heavy atom. The molecule has 0 radical (unpaired) electrons. The highest BCUT2D eigenvalue weighted by atomic mass is 16.6. The number of carboxylic acids is 1. The maximum Gasteiger partial charge on any atom is 0.336 e.